The Morgan fingerprint density at radius 1 is 1.17 bits per heavy atom. The van der Waals surface area contributed by atoms with Gasteiger partial charge in [0.05, 0.1) is 10.6 Å². The van der Waals surface area contributed by atoms with Gasteiger partial charge in [-0.2, -0.15) is 0 Å². The number of benzene rings is 2. The Labute approximate surface area is 146 Å². The van der Waals surface area contributed by atoms with Gasteiger partial charge in [0.2, 0.25) is 0 Å². The zero-order chi connectivity index (χ0) is 17.0. The number of thiocarbonyl (C=S) groups is 1. The van der Waals surface area contributed by atoms with Gasteiger partial charge in [-0.1, -0.05) is 24.6 Å². The van der Waals surface area contributed by atoms with Gasteiger partial charge in [-0.3, -0.25) is 0 Å². The van der Waals surface area contributed by atoms with E-state index in [0.29, 0.717) is 39.1 Å². The van der Waals surface area contributed by atoms with E-state index in [0.717, 1.165) is 5.56 Å². The van der Waals surface area contributed by atoms with Crippen molar-refractivity contribution in [1.29, 1.82) is 0 Å². The summed E-state index contributed by atoms with van der Waals surface area (Å²) in [5, 5.41) is 1.03. The lowest BCUT2D eigenvalue weighted by Crippen LogP contribution is -2.07. The molecule has 0 amide bonds. The molecule has 2 rings (SSSR count). The minimum absolute atomic E-state index is 0.216. The van der Waals surface area contributed by atoms with Gasteiger partial charge in [-0.15, -0.1) is 0 Å². The molecule has 0 heterocycles. The molecule has 0 N–H and O–H groups in total. The summed E-state index contributed by atoms with van der Waals surface area (Å²) in [7, 11) is 0. The first kappa shape index (κ1) is 17.7. The van der Waals surface area contributed by atoms with Crippen molar-refractivity contribution in [2.75, 3.05) is 0 Å². The Morgan fingerprint density at radius 2 is 1.91 bits per heavy atom. The molecule has 0 spiro atoms. The van der Waals surface area contributed by atoms with Gasteiger partial charge in [0.25, 0.3) is 0 Å². The summed E-state index contributed by atoms with van der Waals surface area (Å²) >= 11 is 11.4. The van der Waals surface area contributed by atoms with Crippen molar-refractivity contribution in [3.05, 3.63) is 57.9 Å². The third-order valence-electron chi connectivity index (χ3n) is 3.42. The minimum Gasteiger partial charge on any atom is -0.488 e. The smallest absolute Gasteiger partial charge is 0.167 e. The van der Waals surface area contributed by atoms with Crippen molar-refractivity contribution in [2.45, 2.75) is 33.8 Å². The second-order valence-corrected chi connectivity index (χ2v) is 6.06. The van der Waals surface area contributed by atoms with E-state index < -0.39 is 0 Å². The monoisotopic (exact) mass is 352 g/mol. The van der Waals surface area contributed by atoms with Crippen molar-refractivity contribution in [2.24, 2.45) is 0 Å². The number of rotatable bonds is 5. The second-order valence-electron chi connectivity index (χ2n) is 5.20. The molecule has 0 aliphatic heterocycles. The lowest BCUT2D eigenvalue weighted by Gasteiger charge is -2.15. The van der Waals surface area contributed by atoms with Crippen LogP contribution < -0.4 is 9.47 Å². The standard InChI is InChI=1S/C18H18ClFO2S/c1-4-18(23)22-16-7-5-6-14(19)13(16)10-21-17-9-11(2)15(20)8-12(17)3/h5-9H,4,10H2,1-3H3. The fraction of sp³-hybridized carbons (Fsp3) is 0.278. The average Bonchev–Trinajstić information content (AvgIpc) is 2.51. The molecule has 2 aromatic carbocycles. The predicted molar refractivity (Wildman–Crippen MR) is 95.2 cm³/mol. The van der Waals surface area contributed by atoms with Crippen LogP contribution in [-0.4, -0.2) is 5.05 Å². The highest BCUT2D eigenvalue weighted by Crippen LogP contribution is 2.30. The first-order chi connectivity index (χ1) is 10.9. The maximum absolute atomic E-state index is 13.5. The Hall–Kier alpha value is -1.65. The summed E-state index contributed by atoms with van der Waals surface area (Å²) in [6.45, 7) is 5.64. The van der Waals surface area contributed by atoms with E-state index in [-0.39, 0.29) is 12.4 Å². The molecule has 2 nitrogen and oxygen atoms in total. The second kappa shape index (κ2) is 7.75. The summed E-state index contributed by atoms with van der Waals surface area (Å²) in [5.74, 6) is 0.957. The van der Waals surface area contributed by atoms with E-state index in [2.05, 4.69) is 0 Å². The van der Waals surface area contributed by atoms with Crippen LogP contribution in [0.3, 0.4) is 0 Å². The summed E-state index contributed by atoms with van der Waals surface area (Å²) in [5.41, 5.74) is 1.98. The highest BCUT2D eigenvalue weighted by molar-refractivity contribution is 7.80. The van der Waals surface area contributed by atoms with Crippen LogP contribution in [0.4, 0.5) is 4.39 Å². The molecule has 5 heteroatoms. The largest absolute Gasteiger partial charge is 0.488 e. The van der Waals surface area contributed by atoms with E-state index in [4.69, 9.17) is 33.3 Å². The molecule has 0 aliphatic rings. The summed E-state index contributed by atoms with van der Waals surface area (Å²) in [6, 6.07) is 8.51. The topological polar surface area (TPSA) is 18.5 Å². The van der Waals surface area contributed by atoms with Crippen LogP contribution in [0.2, 0.25) is 5.02 Å². The van der Waals surface area contributed by atoms with E-state index in [9.17, 15) is 4.39 Å². The van der Waals surface area contributed by atoms with E-state index in [1.165, 1.54) is 6.07 Å². The molecule has 122 valence electrons. The predicted octanol–water partition coefficient (Wildman–Crippen LogP) is 5.79. The molecular formula is C18H18ClFO2S. The highest BCUT2D eigenvalue weighted by atomic mass is 35.5. The molecule has 0 bridgehead atoms. The van der Waals surface area contributed by atoms with Crippen molar-refractivity contribution >= 4 is 28.9 Å². The quantitative estimate of drug-likeness (QED) is 0.634. The minimum atomic E-state index is -0.245. The number of aryl methyl sites for hydroxylation is 2. The van der Waals surface area contributed by atoms with Gasteiger partial charge in [-0.05, 0) is 61.5 Å². The molecular weight excluding hydrogens is 335 g/mol. The van der Waals surface area contributed by atoms with E-state index >= 15 is 0 Å². The average molecular weight is 353 g/mol. The maximum atomic E-state index is 13.5. The molecule has 0 aliphatic carbocycles. The molecule has 0 radical (unpaired) electrons. The van der Waals surface area contributed by atoms with Crippen LogP contribution in [0.1, 0.15) is 30.0 Å². The Morgan fingerprint density at radius 3 is 2.61 bits per heavy atom. The third-order valence-corrected chi connectivity index (χ3v) is 4.14. The van der Waals surface area contributed by atoms with E-state index in [1.54, 1.807) is 38.1 Å². The molecule has 0 saturated carbocycles. The molecule has 2 aromatic rings. The van der Waals surface area contributed by atoms with Gasteiger partial charge < -0.3 is 9.47 Å². The fourth-order valence-corrected chi connectivity index (χ4v) is 2.34. The van der Waals surface area contributed by atoms with Crippen molar-refractivity contribution in [1.82, 2.24) is 0 Å². The molecule has 0 unspecified atom stereocenters. The number of halogens is 2. The van der Waals surface area contributed by atoms with E-state index in [1.807, 2.05) is 6.92 Å². The molecule has 0 atom stereocenters. The highest BCUT2D eigenvalue weighted by Gasteiger charge is 2.12. The Bertz CT molecular complexity index is 731. The Balaban J connectivity index is 2.23. The molecule has 0 fully saturated rings. The third kappa shape index (κ3) is 4.43. The van der Waals surface area contributed by atoms with Crippen LogP contribution in [0.25, 0.3) is 0 Å². The zero-order valence-electron chi connectivity index (χ0n) is 13.3. The number of ether oxygens (including phenoxy) is 2. The normalized spacial score (nSPS) is 10.5. The summed E-state index contributed by atoms with van der Waals surface area (Å²) in [6.07, 6.45) is 0.637. The zero-order valence-corrected chi connectivity index (χ0v) is 14.9. The first-order valence-corrected chi connectivity index (χ1v) is 8.08. The SMILES string of the molecule is CCC(=S)Oc1cccc(Cl)c1COc1cc(C)c(F)cc1C. The number of hydrogen-bond acceptors (Lipinski definition) is 3. The van der Waals surface area contributed by atoms with Crippen molar-refractivity contribution in [3.8, 4) is 11.5 Å². The van der Waals surface area contributed by atoms with Gasteiger partial charge in [-0.25, -0.2) is 4.39 Å². The van der Waals surface area contributed by atoms with Crippen LogP contribution in [0.5, 0.6) is 11.5 Å². The lowest BCUT2D eigenvalue weighted by atomic mass is 10.1. The van der Waals surface area contributed by atoms with Gasteiger partial charge in [0.15, 0.2) is 5.05 Å². The summed E-state index contributed by atoms with van der Waals surface area (Å²) < 4.78 is 25.0. The van der Waals surface area contributed by atoms with Crippen LogP contribution >= 0.6 is 23.8 Å². The van der Waals surface area contributed by atoms with Gasteiger partial charge >= 0.3 is 0 Å². The Kier molecular flexibility index (Phi) is 5.97. The first-order valence-electron chi connectivity index (χ1n) is 7.30. The van der Waals surface area contributed by atoms with Crippen LogP contribution in [0, 0.1) is 19.7 Å². The van der Waals surface area contributed by atoms with Crippen molar-refractivity contribution < 1.29 is 13.9 Å². The molecule has 0 saturated heterocycles. The van der Waals surface area contributed by atoms with Gasteiger partial charge in [0, 0.05) is 6.42 Å². The fourth-order valence-electron chi connectivity index (χ4n) is 2.03. The molecule has 23 heavy (non-hydrogen) atoms. The van der Waals surface area contributed by atoms with Crippen molar-refractivity contribution in [3.63, 3.8) is 0 Å². The summed E-state index contributed by atoms with van der Waals surface area (Å²) in [4.78, 5) is 0. The maximum Gasteiger partial charge on any atom is 0.167 e. The molecule has 0 aromatic heterocycles. The lowest BCUT2D eigenvalue weighted by molar-refractivity contribution is 0.299. The number of hydrogen-bond donors (Lipinski definition) is 0. The van der Waals surface area contributed by atoms with Crippen LogP contribution in [-0.2, 0) is 6.61 Å². The van der Waals surface area contributed by atoms with Gasteiger partial charge in [0.1, 0.15) is 23.9 Å². The van der Waals surface area contributed by atoms with Crippen LogP contribution in [0.15, 0.2) is 30.3 Å².